The number of aryl methyl sites for hydroxylation is 2. The van der Waals surface area contributed by atoms with Gasteiger partial charge in [0.15, 0.2) is 0 Å². The van der Waals surface area contributed by atoms with Gasteiger partial charge in [-0.1, -0.05) is 29.3 Å². The molecular formula is C18H18BrFN2O. The predicted octanol–water partition coefficient (Wildman–Crippen LogP) is 4.65. The Morgan fingerprint density at radius 3 is 2.43 bits per heavy atom. The van der Waals surface area contributed by atoms with Gasteiger partial charge in [0.25, 0.3) is 0 Å². The summed E-state index contributed by atoms with van der Waals surface area (Å²) in [5.41, 5.74) is 4.11. The Morgan fingerprint density at radius 2 is 1.78 bits per heavy atom. The molecule has 5 heteroatoms. The number of hydrogen-bond acceptors (Lipinski definition) is 1. The van der Waals surface area contributed by atoms with E-state index in [4.69, 9.17) is 0 Å². The third-order valence-corrected chi connectivity index (χ3v) is 4.61. The maximum absolute atomic E-state index is 13.7. The van der Waals surface area contributed by atoms with Crippen molar-refractivity contribution in [3.63, 3.8) is 0 Å². The van der Waals surface area contributed by atoms with Crippen molar-refractivity contribution >= 4 is 27.6 Å². The number of halogens is 2. The SMILES string of the molecule is Cc1cc(C)cc(CN2CCN(c3ccc(Br)c(F)c3)C2=O)c1. The molecule has 2 aromatic carbocycles. The predicted molar refractivity (Wildman–Crippen MR) is 93.2 cm³/mol. The second-order valence-electron chi connectivity index (χ2n) is 5.95. The van der Waals surface area contributed by atoms with E-state index in [9.17, 15) is 9.18 Å². The van der Waals surface area contributed by atoms with Crippen molar-refractivity contribution < 1.29 is 9.18 Å². The molecule has 0 bridgehead atoms. The lowest BCUT2D eigenvalue weighted by Crippen LogP contribution is -2.31. The molecule has 1 aliphatic heterocycles. The molecule has 3 nitrogen and oxygen atoms in total. The zero-order valence-corrected chi connectivity index (χ0v) is 14.7. The van der Waals surface area contributed by atoms with Crippen LogP contribution in [-0.2, 0) is 6.54 Å². The molecule has 0 spiro atoms. The van der Waals surface area contributed by atoms with E-state index in [1.54, 1.807) is 21.9 Å². The van der Waals surface area contributed by atoms with Crippen LogP contribution in [0.5, 0.6) is 0 Å². The average molecular weight is 377 g/mol. The average Bonchev–Trinajstić information content (AvgIpc) is 2.82. The fourth-order valence-electron chi connectivity index (χ4n) is 3.00. The van der Waals surface area contributed by atoms with E-state index in [2.05, 4.69) is 48.0 Å². The van der Waals surface area contributed by atoms with Crippen LogP contribution >= 0.6 is 15.9 Å². The Labute approximate surface area is 143 Å². The van der Waals surface area contributed by atoms with Gasteiger partial charge in [-0.05, 0) is 53.5 Å². The van der Waals surface area contributed by atoms with Crippen molar-refractivity contribution in [2.45, 2.75) is 20.4 Å². The van der Waals surface area contributed by atoms with Crippen LogP contribution in [0.4, 0.5) is 14.9 Å². The maximum Gasteiger partial charge on any atom is 0.324 e. The highest BCUT2D eigenvalue weighted by Crippen LogP contribution is 2.26. The number of anilines is 1. The van der Waals surface area contributed by atoms with Crippen LogP contribution in [-0.4, -0.2) is 24.0 Å². The number of amides is 2. The standard InChI is InChI=1S/C18H18BrFN2O/c1-12-7-13(2)9-14(8-12)11-21-5-6-22(18(21)23)15-3-4-16(19)17(20)10-15/h3-4,7-10H,5-6,11H2,1-2H3. The van der Waals surface area contributed by atoms with Gasteiger partial charge in [0.05, 0.1) is 4.47 Å². The Bertz CT molecular complexity index is 742. The normalized spacial score (nSPS) is 14.7. The van der Waals surface area contributed by atoms with E-state index in [0.717, 1.165) is 5.56 Å². The number of urea groups is 1. The summed E-state index contributed by atoms with van der Waals surface area (Å²) in [6.45, 7) is 5.91. The first-order valence-corrected chi connectivity index (χ1v) is 8.32. The molecule has 0 N–H and O–H groups in total. The van der Waals surface area contributed by atoms with Gasteiger partial charge in [-0.15, -0.1) is 0 Å². The lowest BCUT2D eigenvalue weighted by Gasteiger charge is -2.19. The van der Waals surface area contributed by atoms with E-state index >= 15 is 0 Å². The van der Waals surface area contributed by atoms with E-state index < -0.39 is 0 Å². The van der Waals surface area contributed by atoms with Crippen LogP contribution < -0.4 is 4.90 Å². The minimum Gasteiger partial charge on any atom is -0.318 e. The van der Waals surface area contributed by atoms with Crippen LogP contribution in [0.15, 0.2) is 40.9 Å². The molecule has 1 fully saturated rings. The zero-order valence-electron chi connectivity index (χ0n) is 13.1. The lowest BCUT2D eigenvalue weighted by atomic mass is 10.1. The second-order valence-corrected chi connectivity index (χ2v) is 6.80. The van der Waals surface area contributed by atoms with E-state index in [-0.39, 0.29) is 11.8 Å². The fourth-order valence-corrected chi connectivity index (χ4v) is 3.25. The fraction of sp³-hybridized carbons (Fsp3) is 0.278. The van der Waals surface area contributed by atoms with Gasteiger partial charge in [0, 0.05) is 25.3 Å². The first-order valence-electron chi connectivity index (χ1n) is 7.53. The summed E-state index contributed by atoms with van der Waals surface area (Å²) in [4.78, 5) is 16.0. The third kappa shape index (κ3) is 3.39. The minimum atomic E-state index is -0.358. The van der Waals surface area contributed by atoms with Gasteiger partial charge < -0.3 is 4.90 Å². The number of rotatable bonds is 3. The molecule has 1 aliphatic rings. The van der Waals surface area contributed by atoms with Crippen LogP contribution in [0.2, 0.25) is 0 Å². The van der Waals surface area contributed by atoms with Crippen molar-refractivity contribution in [2.24, 2.45) is 0 Å². The van der Waals surface area contributed by atoms with Crippen molar-refractivity contribution in [3.8, 4) is 0 Å². The molecule has 1 saturated heterocycles. The van der Waals surface area contributed by atoms with Crippen LogP contribution in [0, 0.1) is 19.7 Å². The highest BCUT2D eigenvalue weighted by Gasteiger charge is 2.29. The molecule has 3 rings (SSSR count). The van der Waals surface area contributed by atoms with Crippen molar-refractivity contribution in [1.82, 2.24) is 4.90 Å². The van der Waals surface area contributed by atoms with E-state index in [1.807, 2.05) is 0 Å². The van der Waals surface area contributed by atoms with Crippen LogP contribution in [0.3, 0.4) is 0 Å². The van der Waals surface area contributed by atoms with Crippen LogP contribution in [0.25, 0.3) is 0 Å². The minimum absolute atomic E-state index is 0.0779. The molecular weight excluding hydrogens is 359 g/mol. The van der Waals surface area contributed by atoms with Gasteiger partial charge in [-0.3, -0.25) is 4.90 Å². The number of benzene rings is 2. The first kappa shape index (κ1) is 16.0. The first-order chi connectivity index (χ1) is 10.9. The van der Waals surface area contributed by atoms with E-state index in [1.165, 1.54) is 17.2 Å². The van der Waals surface area contributed by atoms with Crippen LogP contribution in [0.1, 0.15) is 16.7 Å². The molecule has 0 saturated carbocycles. The van der Waals surface area contributed by atoms with Gasteiger partial charge >= 0.3 is 6.03 Å². The molecule has 0 atom stereocenters. The molecule has 1 heterocycles. The largest absolute Gasteiger partial charge is 0.324 e. The zero-order chi connectivity index (χ0) is 16.6. The molecule has 0 unspecified atom stereocenters. The summed E-state index contributed by atoms with van der Waals surface area (Å²) >= 11 is 3.13. The highest BCUT2D eigenvalue weighted by atomic mass is 79.9. The Morgan fingerprint density at radius 1 is 1.09 bits per heavy atom. The number of nitrogens with zero attached hydrogens (tertiary/aromatic N) is 2. The summed E-state index contributed by atoms with van der Waals surface area (Å²) < 4.78 is 14.1. The highest BCUT2D eigenvalue weighted by molar-refractivity contribution is 9.10. The Kier molecular flexibility index (Phi) is 4.39. The monoisotopic (exact) mass is 376 g/mol. The second kappa shape index (κ2) is 6.32. The van der Waals surface area contributed by atoms with E-state index in [0.29, 0.717) is 29.8 Å². The molecule has 2 aromatic rings. The molecule has 0 aliphatic carbocycles. The topological polar surface area (TPSA) is 23.6 Å². The summed E-state index contributed by atoms with van der Waals surface area (Å²) in [5.74, 6) is -0.358. The van der Waals surface area contributed by atoms with Crippen molar-refractivity contribution in [2.75, 3.05) is 18.0 Å². The maximum atomic E-state index is 13.7. The summed E-state index contributed by atoms with van der Waals surface area (Å²) in [6, 6.07) is 11.0. The summed E-state index contributed by atoms with van der Waals surface area (Å²) in [7, 11) is 0. The third-order valence-electron chi connectivity index (χ3n) is 3.96. The lowest BCUT2D eigenvalue weighted by molar-refractivity contribution is 0.218. The summed E-state index contributed by atoms with van der Waals surface area (Å²) in [5, 5.41) is 0. The molecule has 0 radical (unpaired) electrons. The quantitative estimate of drug-likeness (QED) is 0.764. The van der Waals surface area contributed by atoms with Gasteiger partial charge in [0.1, 0.15) is 5.82 Å². The van der Waals surface area contributed by atoms with Gasteiger partial charge in [-0.25, -0.2) is 9.18 Å². The summed E-state index contributed by atoms with van der Waals surface area (Å²) in [6.07, 6.45) is 0. The number of hydrogen-bond donors (Lipinski definition) is 0. The molecule has 2 amide bonds. The van der Waals surface area contributed by atoms with Gasteiger partial charge in [-0.2, -0.15) is 0 Å². The number of carbonyl (C=O) groups excluding carboxylic acids is 1. The molecule has 23 heavy (non-hydrogen) atoms. The smallest absolute Gasteiger partial charge is 0.318 e. The Hall–Kier alpha value is -1.88. The number of carbonyl (C=O) groups is 1. The Balaban J connectivity index is 1.77. The van der Waals surface area contributed by atoms with Gasteiger partial charge in [0.2, 0.25) is 0 Å². The van der Waals surface area contributed by atoms with Crippen molar-refractivity contribution in [3.05, 3.63) is 63.4 Å². The van der Waals surface area contributed by atoms with Crippen molar-refractivity contribution in [1.29, 1.82) is 0 Å². The molecule has 0 aromatic heterocycles. The molecule has 120 valence electrons.